The van der Waals surface area contributed by atoms with Gasteiger partial charge in [-0.2, -0.15) is 0 Å². The number of hydrogen-bond donors (Lipinski definition) is 1. The van der Waals surface area contributed by atoms with Gasteiger partial charge in [-0.15, -0.1) is 0 Å². The molecule has 0 aliphatic carbocycles. The van der Waals surface area contributed by atoms with Crippen molar-refractivity contribution in [2.75, 3.05) is 44.7 Å². The van der Waals surface area contributed by atoms with E-state index in [1.807, 2.05) is 39.0 Å². The van der Waals surface area contributed by atoms with Crippen LogP contribution in [0, 0.1) is 12.7 Å². The van der Waals surface area contributed by atoms with Crippen LogP contribution in [-0.4, -0.2) is 66.4 Å². The van der Waals surface area contributed by atoms with Crippen LogP contribution in [0.1, 0.15) is 59.8 Å². The highest BCUT2D eigenvalue weighted by Crippen LogP contribution is 2.29. The number of likely N-dealkylation sites (tertiary alicyclic amines) is 1. The molecule has 7 nitrogen and oxygen atoms in total. The van der Waals surface area contributed by atoms with Gasteiger partial charge in [0.1, 0.15) is 12.4 Å². The van der Waals surface area contributed by atoms with E-state index in [1.165, 1.54) is 6.07 Å². The van der Waals surface area contributed by atoms with E-state index in [9.17, 15) is 14.3 Å². The van der Waals surface area contributed by atoms with Crippen LogP contribution in [0.3, 0.4) is 0 Å². The molecule has 3 aromatic rings. The van der Waals surface area contributed by atoms with Crippen LogP contribution < -0.4 is 9.64 Å². The molecule has 220 valence electrons. The Kier molecular flexibility index (Phi) is 10.2. The van der Waals surface area contributed by atoms with Gasteiger partial charge in [-0.25, -0.2) is 14.2 Å². The summed E-state index contributed by atoms with van der Waals surface area (Å²) in [5.74, 6) is -0.524. The van der Waals surface area contributed by atoms with Crippen molar-refractivity contribution in [3.8, 4) is 5.88 Å². The first-order valence-electron chi connectivity index (χ1n) is 13.9. The topological polar surface area (TPSA) is 75.1 Å². The third-order valence-corrected chi connectivity index (χ3v) is 7.98. The summed E-state index contributed by atoms with van der Waals surface area (Å²) in [5.41, 5.74) is 3.27. The zero-order valence-electron chi connectivity index (χ0n) is 24.2. The number of carboxylic acid groups (broad SMARTS) is 1. The Hall–Kier alpha value is -3.20. The first-order valence-corrected chi connectivity index (χ1v) is 14.3. The fourth-order valence-electron chi connectivity index (χ4n) is 5.14. The van der Waals surface area contributed by atoms with Crippen LogP contribution in [0.15, 0.2) is 54.6 Å². The number of carbonyl (C=O) groups is 1. The van der Waals surface area contributed by atoms with Crippen LogP contribution in [0.2, 0.25) is 5.02 Å². The van der Waals surface area contributed by atoms with Gasteiger partial charge in [-0.1, -0.05) is 29.8 Å². The normalized spacial score (nSPS) is 14.7. The molecule has 0 radical (unpaired) electrons. The molecule has 0 spiro atoms. The SMILES string of the molecule is COC(C)(C)CN(CCN1CCC(c2cccc(OCc3ccc(Cl)cc3F)n2)CC1)c1cc(C(=O)O)ccc1C. The molecular formula is C32H39ClFN3O4. The van der Waals surface area contributed by atoms with E-state index in [-0.39, 0.29) is 12.2 Å². The van der Waals surface area contributed by atoms with Gasteiger partial charge in [-0.3, -0.25) is 0 Å². The summed E-state index contributed by atoms with van der Waals surface area (Å²) in [5, 5.41) is 9.90. The van der Waals surface area contributed by atoms with Gasteiger partial charge in [0.25, 0.3) is 0 Å². The Bertz CT molecular complexity index is 1340. The number of aromatic nitrogens is 1. The molecule has 0 atom stereocenters. The van der Waals surface area contributed by atoms with Crippen molar-refractivity contribution in [1.29, 1.82) is 0 Å². The average molecular weight is 584 g/mol. The van der Waals surface area contributed by atoms with Crippen LogP contribution in [0.5, 0.6) is 5.88 Å². The first-order chi connectivity index (χ1) is 19.5. The number of carboxylic acids is 1. The molecule has 1 fully saturated rings. The molecule has 9 heteroatoms. The number of aromatic carboxylic acids is 1. The summed E-state index contributed by atoms with van der Waals surface area (Å²) in [6, 6.07) is 15.6. The zero-order valence-corrected chi connectivity index (χ0v) is 25.0. The van der Waals surface area contributed by atoms with Crippen LogP contribution in [0.25, 0.3) is 0 Å². The summed E-state index contributed by atoms with van der Waals surface area (Å²) in [4.78, 5) is 21.1. The maximum atomic E-state index is 14.1. The van der Waals surface area contributed by atoms with Crippen LogP contribution >= 0.6 is 11.6 Å². The van der Waals surface area contributed by atoms with E-state index >= 15 is 0 Å². The van der Waals surface area contributed by atoms with Crippen LogP contribution in [0.4, 0.5) is 10.1 Å². The molecule has 2 aromatic carbocycles. The third kappa shape index (κ3) is 8.41. The second kappa shape index (κ2) is 13.6. The number of pyridine rings is 1. The number of rotatable bonds is 12. The monoisotopic (exact) mass is 583 g/mol. The number of anilines is 1. The summed E-state index contributed by atoms with van der Waals surface area (Å²) in [6.45, 7) is 10.3. The highest BCUT2D eigenvalue weighted by Gasteiger charge is 2.26. The summed E-state index contributed by atoms with van der Waals surface area (Å²) < 4.78 is 25.6. The number of methoxy groups -OCH3 is 1. The molecule has 2 heterocycles. The van der Waals surface area contributed by atoms with E-state index in [4.69, 9.17) is 26.1 Å². The van der Waals surface area contributed by atoms with Gasteiger partial charge in [-0.05, 0) is 82.6 Å². The Morgan fingerprint density at radius 3 is 2.61 bits per heavy atom. The molecule has 1 aliphatic heterocycles. The maximum absolute atomic E-state index is 14.1. The predicted octanol–water partition coefficient (Wildman–Crippen LogP) is 6.57. The zero-order chi connectivity index (χ0) is 29.6. The van der Waals surface area contributed by atoms with Crippen molar-refractivity contribution in [3.63, 3.8) is 0 Å². The smallest absolute Gasteiger partial charge is 0.335 e. The highest BCUT2D eigenvalue weighted by atomic mass is 35.5. The standard InChI is InChI=1S/C32H39ClFN3O4/c1-22-8-9-24(31(38)39)18-29(22)37(21-32(2,3)40-4)17-16-36-14-12-23(13-15-36)28-6-5-7-30(35-28)41-20-25-10-11-26(33)19-27(25)34/h5-11,18-19,23H,12-17,20-21H2,1-4H3,(H,38,39). The number of ether oxygens (including phenoxy) is 2. The van der Waals surface area contributed by atoms with E-state index in [0.717, 1.165) is 56.0 Å². The minimum absolute atomic E-state index is 0.0864. The Morgan fingerprint density at radius 1 is 1.17 bits per heavy atom. The molecule has 41 heavy (non-hydrogen) atoms. The van der Waals surface area contributed by atoms with Crippen molar-refractivity contribution < 1.29 is 23.8 Å². The van der Waals surface area contributed by atoms with E-state index in [0.29, 0.717) is 28.9 Å². The number of hydrogen-bond acceptors (Lipinski definition) is 6. The minimum atomic E-state index is -0.931. The Balaban J connectivity index is 1.35. The predicted molar refractivity (Wildman–Crippen MR) is 160 cm³/mol. The van der Waals surface area contributed by atoms with Gasteiger partial charge >= 0.3 is 5.97 Å². The fraction of sp³-hybridized carbons (Fsp3) is 0.438. The second-order valence-corrected chi connectivity index (χ2v) is 11.7. The molecule has 1 saturated heterocycles. The molecule has 0 saturated carbocycles. The Morgan fingerprint density at radius 2 is 1.93 bits per heavy atom. The minimum Gasteiger partial charge on any atom is -0.478 e. The lowest BCUT2D eigenvalue weighted by atomic mass is 9.93. The van der Waals surface area contributed by atoms with Crippen molar-refractivity contribution in [2.45, 2.75) is 51.7 Å². The maximum Gasteiger partial charge on any atom is 0.335 e. The largest absolute Gasteiger partial charge is 0.478 e. The molecule has 0 bridgehead atoms. The lowest BCUT2D eigenvalue weighted by molar-refractivity contribution is 0.0286. The lowest BCUT2D eigenvalue weighted by Gasteiger charge is -2.37. The van der Waals surface area contributed by atoms with Gasteiger partial charge in [0, 0.05) is 60.7 Å². The number of aryl methyl sites for hydroxylation is 1. The second-order valence-electron chi connectivity index (χ2n) is 11.2. The van der Waals surface area contributed by atoms with Crippen molar-refractivity contribution >= 4 is 23.3 Å². The fourth-order valence-corrected chi connectivity index (χ4v) is 5.29. The third-order valence-electron chi connectivity index (χ3n) is 7.75. The van der Waals surface area contributed by atoms with Gasteiger partial charge < -0.3 is 24.4 Å². The molecular weight excluding hydrogens is 545 g/mol. The van der Waals surface area contributed by atoms with Crippen molar-refractivity contribution in [3.05, 3.63) is 87.8 Å². The molecule has 1 N–H and O–H groups in total. The first kappa shape index (κ1) is 30.8. The summed E-state index contributed by atoms with van der Waals surface area (Å²) >= 11 is 5.84. The molecule has 1 aromatic heterocycles. The summed E-state index contributed by atoms with van der Waals surface area (Å²) in [7, 11) is 1.70. The average Bonchev–Trinajstić information content (AvgIpc) is 2.95. The van der Waals surface area contributed by atoms with Gasteiger partial charge in [0.2, 0.25) is 5.88 Å². The van der Waals surface area contributed by atoms with Crippen LogP contribution in [-0.2, 0) is 11.3 Å². The van der Waals surface area contributed by atoms with E-state index in [2.05, 4.69) is 9.80 Å². The quantitative estimate of drug-likeness (QED) is 0.258. The number of nitrogens with zero attached hydrogens (tertiary/aromatic N) is 3. The number of halogens is 2. The number of piperidine rings is 1. The van der Waals surface area contributed by atoms with E-state index in [1.54, 1.807) is 37.4 Å². The molecule has 0 amide bonds. The van der Waals surface area contributed by atoms with Crippen molar-refractivity contribution in [1.82, 2.24) is 9.88 Å². The molecule has 4 rings (SSSR count). The number of benzene rings is 2. The van der Waals surface area contributed by atoms with E-state index < -0.39 is 17.4 Å². The van der Waals surface area contributed by atoms with Gasteiger partial charge in [0.15, 0.2) is 0 Å². The highest BCUT2D eigenvalue weighted by molar-refractivity contribution is 6.30. The van der Waals surface area contributed by atoms with Gasteiger partial charge in [0.05, 0.1) is 11.2 Å². The summed E-state index contributed by atoms with van der Waals surface area (Å²) in [6.07, 6.45) is 1.94. The molecule has 0 unspecified atom stereocenters. The van der Waals surface area contributed by atoms with Crippen molar-refractivity contribution in [2.24, 2.45) is 0 Å². The molecule has 1 aliphatic rings. The lowest BCUT2D eigenvalue weighted by Crippen LogP contribution is -2.45. The Labute approximate surface area is 246 Å².